The molecule has 238 valence electrons. The second-order valence-corrected chi connectivity index (χ2v) is 14.8. The average Bonchev–Trinajstić information content (AvgIpc) is 3.47. The Morgan fingerprint density at radius 2 is 1.76 bits per heavy atom. The second-order valence-electron chi connectivity index (χ2n) is 11.3. The van der Waals surface area contributed by atoms with Crippen LogP contribution in [0.15, 0.2) is 77.0 Å². The van der Waals surface area contributed by atoms with Gasteiger partial charge in [-0.3, -0.25) is 4.79 Å². The van der Waals surface area contributed by atoms with Crippen LogP contribution >= 0.6 is 22.9 Å². The number of nitrogens with zero attached hydrogens (tertiary/aromatic N) is 1. The quantitative estimate of drug-likeness (QED) is 0.149. The number of ether oxygens (including phenoxy) is 2. The predicted octanol–water partition coefficient (Wildman–Crippen LogP) is 6.84. The Bertz CT molecular complexity index is 1750. The van der Waals surface area contributed by atoms with Crippen molar-refractivity contribution in [3.63, 3.8) is 0 Å². The molecule has 45 heavy (non-hydrogen) atoms. The van der Waals surface area contributed by atoms with E-state index in [9.17, 15) is 18.0 Å². The van der Waals surface area contributed by atoms with Crippen LogP contribution in [0, 0.1) is 0 Å². The summed E-state index contributed by atoms with van der Waals surface area (Å²) in [5, 5.41) is 15.4. The second kappa shape index (κ2) is 14.9. The number of carboxylic acid groups (broad SMARTS) is 1. The van der Waals surface area contributed by atoms with Crippen LogP contribution in [-0.4, -0.2) is 49.4 Å². The molecule has 0 aliphatic rings. The summed E-state index contributed by atoms with van der Waals surface area (Å²) in [6.07, 6.45) is 1.36. The summed E-state index contributed by atoms with van der Waals surface area (Å²) in [6.45, 7) is 6.15. The third kappa shape index (κ3) is 10.0. The summed E-state index contributed by atoms with van der Waals surface area (Å²) in [5.41, 5.74) is 2.37. The van der Waals surface area contributed by atoms with Crippen LogP contribution in [0.2, 0.25) is 5.02 Å². The van der Waals surface area contributed by atoms with Crippen LogP contribution < -0.4 is 14.8 Å². The molecule has 0 radical (unpaired) electrons. The highest BCUT2D eigenvalue weighted by molar-refractivity contribution is 7.91. The van der Waals surface area contributed by atoms with Crippen LogP contribution in [0.3, 0.4) is 0 Å². The molecule has 4 rings (SSSR count). The zero-order valence-corrected chi connectivity index (χ0v) is 27.6. The Labute approximate surface area is 272 Å². The van der Waals surface area contributed by atoms with Gasteiger partial charge >= 0.3 is 5.97 Å². The van der Waals surface area contributed by atoms with Crippen molar-refractivity contribution < 1.29 is 32.6 Å². The smallest absolute Gasteiger partial charge is 0.341 e. The molecule has 0 unspecified atom stereocenters. The van der Waals surface area contributed by atoms with Crippen molar-refractivity contribution in [2.24, 2.45) is 0 Å². The third-order valence-electron chi connectivity index (χ3n) is 6.70. The van der Waals surface area contributed by atoms with Gasteiger partial charge in [0.15, 0.2) is 16.4 Å². The van der Waals surface area contributed by atoms with E-state index in [-0.39, 0.29) is 27.5 Å². The molecule has 12 heteroatoms. The maximum Gasteiger partial charge on any atom is 0.341 e. The van der Waals surface area contributed by atoms with Gasteiger partial charge in [0.1, 0.15) is 11.5 Å². The first kappa shape index (κ1) is 34.0. The standard InChI is InChI=1S/C33H35ClN2O7S2/c1-33(2,3)29-21-44-30(36-29)15-16-42-25-8-4-7-23(19-25)32(39)35-27-18-22(9-14-28(27)43-20-31(37)38)6-5-17-45(40,41)26-12-10-24(34)11-13-26/h4,7-14,18-19,21H,5-6,15-17,20H2,1-3H3,(H,35,39)(H,37,38). The molecule has 1 aromatic heterocycles. The number of rotatable bonds is 14. The summed E-state index contributed by atoms with van der Waals surface area (Å²) < 4.78 is 36.8. The molecule has 1 amide bonds. The van der Waals surface area contributed by atoms with E-state index in [2.05, 4.69) is 36.5 Å². The summed E-state index contributed by atoms with van der Waals surface area (Å²) in [4.78, 5) is 29.3. The number of anilines is 1. The molecule has 0 bridgehead atoms. The summed E-state index contributed by atoms with van der Waals surface area (Å²) in [6, 6.07) is 17.7. The first-order chi connectivity index (χ1) is 21.3. The lowest BCUT2D eigenvalue weighted by atomic mass is 9.93. The molecule has 0 fully saturated rings. The van der Waals surface area contributed by atoms with Gasteiger partial charge in [-0.15, -0.1) is 11.3 Å². The third-order valence-corrected chi connectivity index (χ3v) is 9.67. The van der Waals surface area contributed by atoms with Crippen molar-refractivity contribution in [1.82, 2.24) is 4.98 Å². The van der Waals surface area contributed by atoms with E-state index in [0.717, 1.165) is 16.3 Å². The number of amides is 1. The Balaban J connectivity index is 1.41. The van der Waals surface area contributed by atoms with Crippen molar-refractivity contribution in [3.8, 4) is 11.5 Å². The number of aliphatic carboxylic acids is 1. The number of nitrogens with one attached hydrogen (secondary N) is 1. The van der Waals surface area contributed by atoms with Crippen molar-refractivity contribution in [2.45, 2.75) is 50.3 Å². The van der Waals surface area contributed by atoms with Crippen molar-refractivity contribution >= 4 is 50.3 Å². The van der Waals surface area contributed by atoms with E-state index >= 15 is 0 Å². The highest BCUT2D eigenvalue weighted by Crippen LogP contribution is 2.28. The first-order valence-electron chi connectivity index (χ1n) is 14.2. The zero-order chi connectivity index (χ0) is 32.6. The Morgan fingerprint density at radius 1 is 1.00 bits per heavy atom. The summed E-state index contributed by atoms with van der Waals surface area (Å²) in [7, 11) is -3.50. The van der Waals surface area contributed by atoms with Crippen molar-refractivity contribution in [2.75, 3.05) is 24.3 Å². The van der Waals surface area contributed by atoms with Gasteiger partial charge in [-0.1, -0.05) is 44.5 Å². The molecule has 2 N–H and O–H groups in total. The van der Waals surface area contributed by atoms with Gasteiger partial charge in [-0.05, 0) is 73.0 Å². The van der Waals surface area contributed by atoms with E-state index in [0.29, 0.717) is 42.2 Å². The molecule has 0 aliphatic heterocycles. The lowest BCUT2D eigenvalue weighted by Crippen LogP contribution is -2.15. The van der Waals surface area contributed by atoms with Gasteiger partial charge in [0, 0.05) is 27.8 Å². The zero-order valence-electron chi connectivity index (χ0n) is 25.2. The topological polar surface area (TPSA) is 132 Å². The fourth-order valence-electron chi connectivity index (χ4n) is 4.27. The van der Waals surface area contributed by atoms with Crippen molar-refractivity contribution in [1.29, 1.82) is 0 Å². The molecule has 1 heterocycles. The number of carbonyl (C=O) groups excluding carboxylic acids is 1. The van der Waals surface area contributed by atoms with Gasteiger partial charge in [0.05, 0.1) is 33.6 Å². The Kier molecular flexibility index (Phi) is 11.2. The average molecular weight is 671 g/mol. The minimum absolute atomic E-state index is 0.0199. The maximum absolute atomic E-state index is 13.3. The molecule has 4 aromatic rings. The van der Waals surface area contributed by atoms with E-state index in [4.69, 9.17) is 26.2 Å². The normalized spacial score (nSPS) is 11.6. The van der Waals surface area contributed by atoms with E-state index < -0.39 is 28.3 Å². The van der Waals surface area contributed by atoms with E-state index in [1.807, 2.05) is 0 Å². The number of aryl methyl sites for hydroxylation is 1. The number of hydrogen-bond acceptors (Lipinski definition) is 8. The molecule has 3 aromatic carbocycles. The molecule has 0 atom stereocenters. The number of carboxylic acids is 1. The van der Waals surface area contributed by atoms with E-state index in [1.54, 1.807) is 53.8 Å². The number of carbonyl (C=O) groups is 2. The lowest BCUT2D eigenvalue weighted by Gasteiger charge is -2.14. The summed E-state index contributed by atoms with van der Waals surface area (Å²) in [5.74, 6) is -0.999. The first-order valence-corrected chi connectivity index (χ1v) is 17.2. The number of thiazole rings is 1. The Morgan fingerprint density at radius 3 is 2.44 bits per heavy atom. The minimum atomic E-state index is -3.50. The SMILES string of the molecule is CC(C)(C)c1csc(CCOc2cccc(C(=O)Nc3cc(CCCS(=O)(=O)c4ccc(Cl)cc4)ccc3OCC(=O)O)c2)n1. The van der Waals surface area contributed by atoms with Crippen molar-refractivity contribution in [3.05, 3.63) is 99.0 Å². The fourth-order valence-corrected chi connectivity index (χ4v) is 6.71. The van der Waals surface area contributed by atoms with Gasteiger partial charge in [-0.25, -0.2) is 18.2 Å². The van der Waals surface area contributed by atoms with Crippen LogP contribution in [0.25, 0.3) is 0 Å². The number of benzene rings is 3. The molecule has 9 nitrogen and oxygen atoms in total. The van der Waals surface area contributed by atoms with Gasteiger partial charge in [-0.2, -0.15) is 0 Å². The van der Waals surface area contributed by atoms with Crippen LogP contribution in [-0.2, 0) is 32.9 Å². The van der Waals surface area contributed by atoms with Crippen LogP contribution in [0.1, 0.15) is 53.8 Å². The van der Waals surface area contributed by atoms with Crippen LogP contribution in [0.4, 0.5) is 5.69 Å². The molecular formula is C33H35ClN2O7S2. The Hall–Kier alpha value is -3.93. The van der Waals surface area contributed by atoms with Gasteiger partial charge < -0.3 is 19.9 Å². The fraction of sp³-hybridized carbons (Fsp3) is 0.303. The number of aromatic nitrogens is 1. The molecule has 0 spiro atoms. The maximum atomic E-state index is 13.3. The molecular weight excluding hydrogens is 636 g/mol. The highest BCUT2D eigenvalue weighted by atomic mass is 35.5. The molecule has 0 aliphatic carbocycles. The largest absolute Gasteiger partial charge is 0.493 e. The molecule has 0 saturated carbocycles. The van der Waals surface area contributed by atoms with Gasteiger partial charge in [0.25, 0.3) is 5.91 Å². The van der Waals surface area contributed by atoms with E-state index in [1.165, 1.54) is 24.3 Å². The predicted molar refractivity (Wildman–Crippen MR) is 176 cm³/mol. The number of hydrogen-bond donors (Lipinski definition) is 2. The lowest BCUT2D eigenvalue weighted by molar-refractivity contribution is -0.139. The minimum Gasteiger partial charge on any atom is -0.493 e. The number of halogens is 1. The molecule has 0 saturated heterocycles. The summed E-state index contributed by atoms with van der Waals surface area (Å²) >= 11 is 7.47. The highest BCUT2D eigenvalue weighted by Gasteiger charge is 2.18. The monoisotopic (exact) mass is 670 g/mol. The number of sulfone groups is 1. The van der Waals surface area contributed by atoms with Crippen LogP contribution in [0.5, 0.6) is 11.5 Å². The van der Waals surface area contributed by atoms with Gasteiger partial charge in [0.2, 0.25) is 0 Å².